The van der Waals surface area contributed by atoms with Crippen LogP contribution in [0.25, 0.3) is 0 Å². The molecule has 0 aliphatic rings. The zero-order valence-electron chi connectivity index (χ0n) is 14.7. The van der Waals surface area contributed by atoms with Gasteiger partial charge in [-0.2, -0.15) is 10.5 Å². The van der Waals surface area contributed by atoms with E-state index in [0.717, 1.165) is 0 Å². The standard InChI is InChI=1S/C20H19ClN4O2/c21-16-8-9-19(27-17-6-2-1-3-7-17)18(14-16)24-15-20(26)25(12-4-10-22)13-5-11-23/h1-3,6-9,14,24H,4-5,12-13,15H2. The molecule has 0 spiro atoms. The van der Waals surface area contributed by atoms with Gasteiger partial charge in [-0.05, 0) is 30.3 Å². The number of amides is 1. The van der Waals surface area contributed by atoms with E-state index in [-0.39, 0.29) is 25.3 Å². The fourth-order valence-corrected chi connectivity index (χ4v) is 2.53. The fourth-order valence-electron chi connectivity index (χ4n) is 2.36. The summed E-state index contributed by atoms with van der Waals surface area (Å²) in [5.41, 5.74) is 0.584. The van der Waals surface area contributed by atoms with Gasteiger partial charge in [-0.3, -0.25) is 4.79 Å². The Morgan fingerprint density at radius 3 is 2.37 bits per heavy atom. The van der Waals surface area contributed by atoms with Crippen molar-refractivity contribution in [2.45, 2.75) is 12.8 Å². The lowest BCUT2D eigenvalue weighted by Gasteiger charge is -2.21. The van der Waals surface area contributed by atoms with Crippen LogP contribution in [0, 0.1) is 22.7 Å². The van der Waals surface area contributed by atoms with Crippen molar-refractivity contribution < 1.29 is 9.53 Å². The van der Waals surface area contributed by atoms with E-state index < -0.39 is 0 Å². The highest BCUT2D eigenvalue weighted by Gasteiger charge is 2.14. The number of halogens is 1. The average molecular weight is 383 g/mol. The van der Waals surface area contributed by atoms with Crippen molar-refractivity contribution in [1.29, 1.82) is 10.5 Å². The molecule has 0 aromatic heterocycles. The number of carbonyl (C=O) groups excluding carboxylic acids is 1. The molecule has 0 unspecified atom stereocenters. The van der Waals surface area contributed by atoms with Gasteiger partial charge in [-0.15, -0.1) is 0 Å². The van der Waals surface area contributed by atoms with E-state index in [0.29, 0.717) is 35.3 Å². The first-order valence-electron chi connectivity index (χ1n) is 8.42. The smallest absolute Gasteiger partial charge is 0.241 e. The first-order chi connectivity index (χ1) is 13.1. The summed E-state index contributed by atoms with van der Waals surface area (Å²) < 4.78 is 5.85. The highest BCUT2D eigenvalue weighted by molar-refractivity contribution is 6.30. The second-order valence-corrected chi connectivity index (χ2v) is 6.04. The summed E-state index contributed by atoms with van der Waals surface area (Å²) in [4.78, 5) is 14.0. The Kier molecular flexibility index (Phi) is 7.96. The first kappa shape index (κ1) is 20.1. The van der Waals surface area contributed by atoms with Crippen molar-refractivity contribution in [3.63, 3.8) is 0 Å². The number of hydrogen-bond donors (Lipinski definition) is 1. The minimum absolute atomic E-state index is 0.00233. The lowest BCUT2D eigenvalue weighted by Crippen LogP contribution is -2.37. The zero-order valence-corrected chi connectivity index (χ0v) is 15.4. The molecule has 0 aliphatic carbocycles. The van der Waals surface area contributed by atoms with Crippen molar-refractivity contribution in [3.05, 3.63) is 53.6 Å². The molecule has 0 heterocycles. The average Bonchev–Trinajstić information content (AvgIpc) is 2.69. The topological polar surface area (TPSA) is 89.2 Å². The number of carbonyl (C=O) groups is 1. The monoisotopic (exact) mass is 382 g/mol. The molecule has 7 heteroatoms. The molecule has 0 saturated heterocycles. The van der Waals surface area contributed by atoms with Gasteiger partial charge in [-0.25, -0.2) is 0 Å². The van der Waals surface area contributed by atoms with Gasteiger partial charge in [0.25, 0.3) is 0 Å². The molecule has 0 bridgehead atoms. The largest absolute Gasteiger partial charge is 0.455 e. The van der Waals surface area contributed by atoms with Gasteiger partial charge in [0.05, 0.1) is 37.2 Å². The second-order valence-electron chi connectivity index (χ2n) is 5.61. The third-order valence-corrected chi connectivity index (χ3v) is 3.92. The van der Waals surface area contributed by atoms with Crippen LogP contribution in [0.15, 0.2) is 48.5 Å². The minimum atomic E-state index is -0.203. The molecule has 1 amide bonds. The van der Waals surface area contributed by atoms with E-state index in [2.05, 4.69) is 5.32 Å². The molecule has 0 radical (unpaired) electrons. The van der Waals surface area contributed by atoms with E-state index in [1.807, 2.05) is 42.5 Å². The van der Waals surface area contributed by atoms with Gasteiger partial charge < -0.3 is 15.0 Å². The number of nitrogens with one attached hydrogen (secondary N) is 1. The van der Waals surface area contributed by atoms with E-state index in [1.54, 1.807) is 18.2 Å². The Bertz CT molecular complexity index is 825. The number of hydrogen-bond acceptors (Lipinski definition) is 5. The Hall–Kier alpha value is -3.22. The summed E-state index contributed by atoms with van der Waals surface area (Å²) >= 11 is 6.07. The van der Waals surface area contributed by atoms with Gasteiger partial charge in [0.2, 0.25) is 5.91 Å². The van der Waals surface area contributed by atoms with Crippen LogP contribution in [-0.4, -0.2) is 30.4 Å². The number of ether oxygens (including phenoxy) is 1. The maximum absolute atomic E-state index is 12.5. The molecule has 27 heavy (non-hydrogen) atoms. The molecular formula is C20H19ClN4O2. The lowest BCUT2D eigenvalue weighted by molar-refractivity contribution is -0.129. The van der Waals surface area contributed by atoms with Gasteiger partial charge in [0.15, 0.2) is 5.75 Å². The predicted molar refractivity (Wildman–Crippen MR) is 103 cm³/mol. The maximum Gasteiger partial charge on any atom is 0.241 e. The summed E-state index contributed by atoms with van der Waals surface area (Å²) in [6.45, 7) is 0.589. The molecule has 1 N–H and O–H groups in total. The van der Waals surface area contributed by atoms with Gasteiger partial charge in [0.1, 0.15) is 5.75 Å². The number of anilines is 1. The molecule has 0 saturated carbocycles. The first-order valence-corrected chi connectivity index (χ1v) is 8.80. The molecule has 2 rings (SSSR count). The quantitative estimate of drug-likeness (QED) is 0.702. The van der Waals surface area contributed by atoms with Crippen LogP contribution in [0.2, 0.25) is 5.02 Å². The number of para-hydroxylation sites is 1. The molecule has 2 aromatic carbocycles. The van der Waals surface area contributed by atoms with Crippen LogP contribution in [-0.2, 0) is 4.79 Å². The van der Waals surface area contributed by atoms with Gasteiger partial charge in [0, 0.05) is 18.1 Å². The number of nitriles is 2. The van der Waals surface area contributed by atoms with Crippen LogP contribution in [0.1, 0.15) is 12.8 Å². The summed E-state index contributed by atoms with van der Waals surface area (Å²) in [6.07, 6.45) is 0.438. The Morgan fingerprint density at radius 1 is 1.07 bits per heavy atom. The van der Waals surface area contributed by atoms with Crippen molar-refractivity contribution >= 4 is 23.2 Å². The summed E-state index contributed by atoms with van der Waals surface area (Å²) in [5, 5.41) is 21.0. The third kappa shape index (κ3) is 6.54. The molecule has 0 fully saturated rings. The van der Waals surface area contributed by atoms with Crippen LogP contribution >= 0.6 is 11.6 Å². The van der Waals surface area contributed by atoms with Crippen LogP contribution in [0.5, 0.6) is 11.5 Å². The molecule has 0 aliphatic heterocycles. The Morgan fingerprint density at radius 2 is 1.74 bits per heavy atom. The molecule has 0 atom stereocenters. The Balaban J connectivity index is 2.07. The lowest BCUT2D eigenvalue weighted by atomic mass is 10.2. The van der Waals surface area contributed by atoms with E-state index in [9.17, 15) is 4.79 Å². The van der Waals surface area contributed by atoms with E-state index >= 15 is 0 Å². The van der Waals surface area contributed by atoms with Crippen LogP contribution in [0.3, 0.4) is 0 Å². The van der Waals surface area contributed by atoms with E-state index in [1.165, 1.54) is 4.90 Å². The highest BCUT2D eigenvalue weighted by atomic mass is 35.5. The summed E-state index contributed by atoms with van der Waals surface area (Å²) in [7, 11) is 0. The fraction of sp³-hybridized carbons (Fsp3) is 0.250. The van der Waals surface area contributed by atoms with Crippen molar-refractivity contribution in [2.24, 2.45) is 0 Å². The normalized spacial score (nSPS) is 9.74. The van der Waals surface area contributed by atoms with Crippen LogP contribution < -0.4 is 10.1 Å². The highest BCUT2D eigenvalue weighted by Crippen LogP contribution is 2.31. The molecular weight excluding hydrogens is 364 g/mol. The number of rotatable bonds is 9. The summed E-state index contributed by atoms with van der Waals surface area (Å²) in [5.74, 6) is 1.00. The zero-order chi connectivity index (χ0) is 19.5. The van der Waals surface area contributed by atoms with Crippen LogP contribution in [0.4, 0.5) is 5.69 Å². The number of nitrogens with zero attached hydrogens (tertiary/aromatic N) is 3. The van der Waals surface area contributed by atoms with Crippen molar-refractivity contribution in [3.8, 4) is 23.6 Å². The van der Waals surface area contributed by atoms with Gasteiger partial charge >= 0.3 is 0 Å². The third-order valence-electron chi connectivity index (χ3n) is 3.68. The predicted octanol–water partition coefficient (Wildman–Crippen LogP) is 4.20. The molecule has 138 valence electrons. The van der Waals surface area contributed by atoms with Crippen molar-refractivity contribution in [1.82, 2.24) is 4.90 Å². The second kappa shape index (κ2) is 10.7. The number of benzene rings is 2. The molecule has 2 aromatic rings. The van der Waals surface area contributed by atoms with E-state index in [4.69, 9.17) is 26.9 Å². The summed E-state index contributed by atoms with van der Waals surface area (Å²) in [6, 6.07) is 18.4. The SMILES string of the molecule is N#CCCN(CCC#N)C(=O)CNc1cc(Cl)ccc1Oc1ccccc1. The minimum Gasteiger partial charge on any atom is -0.455 e. The Labute approximate surface area is 163 Å². The van der Waals surface area contributed by atoms with Crippen molar-refractivity contribution in [2.75, 3.05) is 25.0 Å². The molecule has 6 nitrogen and oxygen atoms in total. The van der Waals surface area contributed by atoms with Gasteiger partial charge in [-0.1, -0.05) is 29.8 Å². The maximum atomic E-state index is 12.5.